The molecule has 1 aliphatic heterocycles. The van der Waals surface area contributed by atoms with Crippen LogP contribution in [-0.2, 0) is 4.74 Å². The van der Waals surface area contributed by atoms with Crippen molar-refractivity contribution in [3.63, 3.8) is 0 Å². The number of amides is 1. The van der Waals surface area contributed by atoms with Crippen molar-refractivity contribution < 1.29 is 19.0 Å². The Morgan fingerprint density at radius 2 is 1.66 bits per heavy atom. The van der Waals surface area contributed by atoms with Crippen molar-refractivity contribution in [2.45, 2.75) is 45.3 Å². The van der Waals surface area contributed by atoms with Crippen molar-refractivity contribution >= 4 is 16.9 Å². The van der Waals surface area contributed by atoms with E-state index in [1.54, 1.807) is 12.0 Å². The maximum Gasteiger partial charge on any atom is 0.410 e. The highest BCUT2D eigenvalue weighted by Crippen LogP contribution is 2.28. The van der Waals surface area contributed by atoms with Crippen LogP contribution in [0, 0.1) is 0 Å². The minimum Gasteiger partial charge on any atom is -0.490 e. The van der Waals surface area contributed by atoms with Crippen LogP contribution in [0.2, 0.25) is 0 Å². The molecule has 32 heavy (non-hydrogen) atoms. The topological polar surface area (TPSA) is 60.9 Å². The number of ether oxygens (including phenoxy) is 3. The predicted molar refractivity (Wildman–Crippen MR) is 125 cm³/mol. The minimum absolute atomic E-state index is 0.0974. The van der Waals surface area contributed by atoms with Crippen molar-refractivity contribution in [3.05, 3.63) is 54.7 Å². The summed E-state index contributed by atoms with van der Waals surface area (Å²) in [5.41, 5.74) is 1.78. The first kappa shape index (κ1) is 21.9. The molecule has 2 heterocycles. The lowest BCUT2D eigenvalue weighted by atomic mass is 10.0. The van der Waals surface area contributed by atoms with Gasteiger partial charge in [0.2, 0.25) is 5.88 Å². The van der Waals surface area contributed by atoms with Gasteiger partial charge in [-0.05, 0) is 55.5 Å². The van der Waals surface area contributed by atoms with E-state index in [0.717, 1.165) is 40.5 Å². The van der Waals surface area contributed by atoms with Crippen molar-refractivity contribution in [2.75, 3.05) is 20.2 Å². The molecular formula is C26H30N2O4. The van der Waals surface area contributed by atoms with Crippen molar-refractivity contribution in [1.29, 1.82) is 0 Å². The zero-order valence-corrected chi connectivity index (χ0v) is 19.1. The fourth-order valence-electron chi connectivity index (χ4n) is 3.81. The average Bonchev–Trinajstić information content (AvgIpc) is 2.78. The van der Waals surface area contributed by atoms with E-state index in [0.29, 0.717) is 19.0 Å². The lowest BCUT2D eigenvalue weighted by Crippen LogP contribution is -2.44. The number of methoxy groups -OCH3 is 1. The number of fused-ring (bicyclic) bond motifs is 1. The third kappa shape index (κ3) is 5.31. The van der Waals surface area contributed by atoms with E-state index >= 15 is 0 Å². The second kappa shape index (κ2) is 9.07. The molecule has 168 valence electrons. The summed E-state index contributed by atoms with van der Waals surface area (Å²) in [6, 6.07) is 16.4. The Hall–Kier alpha value is -3.28. The van der Waals surface area contributed by atoms with Gasteiger partial charge in [-0.2, -0.15) is 0 Å². The standard InChI is InChI=1S/C26H30N2O4/c1-26(2,3)32-25(29)28-13-11-23(12-14-28)31-22-9-7-18(8-10-22)19-5-6-20-17-27-24(30-4)16-21(20)15-19/h5-10,15-17,23H,11-14H2,1-4H3. The SMILES string of the molecule is COc1cc2cc(-c3ccc(OC4CCN(C(=O)OC(C)(C)C)CC4)cc3)ccc2cn1. The van der Waals surface area contributed by atoms with Gasteiger partial charge < -0.3 is 19.1 Å². The number of hydrogen-bond donors (Lipinski definition) is 0. The van der Waals surface area contributed by atoms with Crippen LogP contribution in [0.3, 0.4) is 0 Å². The lowest BCUT2D eigenvalue weighted by molar-refractivity contribution is 0.0126. The fraction of sp³-hybridized carbons (Fsp3) is 0.385. The Morgan fingerprint density at radius 1 is 0.969 bits per heavy atom. The number of rotatable bonds is 4. The Balaban J connectivity index is 1.36. The van der Waals surface area contributed by atoms with Gasteiger partial charge in [0.1, 0.15) is 17.5 Å². The minimum atomic E-state index is -0.472. The molecule has 0 unspecified atom stereocenters. The number of nitrogens with zero attached hydrogens (tertiary/aromatic N) is 2. The lowest BCUT2D eigenvalue weighted by Gasteiger charge is -2.33. The molecule has 3 aromatic rings. The number of aromatic nitrogens is 1. The van der Waals surface area contributed by atoms with Gasteiger partial charge in [-0.1, -0.05) is 24.3 Å². The highest BCUT2D eigenvalue weighted by Gasteiger charge is 2.27. The largest absolute Gasteiger partial charge is 0.490 e. The number of carbonyl (C=O) groups excluding carboxylic acids is 1. The molecule has 1 saturated heterocycles. The van der Waals surface area contributed by atoms with Gasteiger partial charge in [-0.3, -0.25) is 0 Å². The van der Waals surface area contributed by atoms with Gasteiger partial charge in [-0.15, -0.1) is 0 Å². The van der Waals surface area contributed by atoms with Gasteiger partial charge in [0.25, 0.3) is 0 Å². The van der Waals surface area contributed by atoms with Gasteiger partial charge in [0.05, 0.1) is 7.11 Å². The van der Waals surface area contributed by atoms with Crippen molar-refractivity contribution in [2.24, 2.45) is 0 Å². The van der Waals surface area contributed by atoms with Crippen LogP contribution in [0.25, 0.3) is 21.9 Å². The molecule has 6 nitrogen and oxygen atoms in total. The van der Waals surface area contributed by atoms with E-state index < -0.39 is 5.60 Å². The van der Waals surface area contributed by atoms with Gasteiger partial charge in [-0.25, -0.2) is 9.78 Å². The van der Waals surface area contributed by atoms with Crippen LogP contribution in [0.5, 0.6) is 11.6 Å². The third-order valence-corrected chi connectivity index (χ3v) is 5.49. The molecule has 4 rings (SSSR count). The highest BCUT2D eigenvalue weighted by molar-refractivity contribution is 5.87. The molecule has 1 amide bonds. The number of likely N-dealkylation sites (tertiary alicyclic amines) is 1. The Labute approximate surface area is 189 Å². The van der Waals surface area contributed by atoms with Crippen LogP contribution in [-0.4, -0.2) is 47.9 Å². The normalized spacial score (nSPS) is 14.9. The van der Waals surface area contributed by atoms with E-state index in [1.807, 2.05) is 45.2 Å². The fourth-order valence-corrected chi connectivity index (χ4v) is 3.81. The molecule has 0 radical (unpaired) electrons. The van der Waals surface area contributed by atoms with E-state index in [9.17, 15) is 4.79 Å². The zero-order chi connectivity index (χ0) is 22.7. The van der Waals surface area contributed by atoms with Gasteiger partial charge in [0.15, 0.2) is 0 Å². The number of carbonyl (C=O) groups is 1. The first-order chi connectivity index (χ1) is 15.3. The molecule has 0 bridgehead atoms. The van der Waals surface area contributed by atoms with Crippen LogP contribution in [0.4, 0.5) is 4.79 Å². The molecule has 1 aromatic heterocycles. The molecule has 0 atom stereocenters. The highest BCUT2D eigenvalue weighted by atomic mass is 16.6. The first-order valence-electron chi connectivity index (χ1n) is 11.0. The van der Waals surface area contributed by atoms with E-state index in [-0.39, 0.29) is 12.2 Å². The number of piperidine rings is 1. The molecular weight excluding hydrogens is 404 g/mol. The smallest absolute Gasteiger partial charge is 0.410 e. The number of benzene rings is 2. The monoisotopic (exact) mass is 434 g/mol. The van der Waals surface area contributed by atoms with Crippen LogP contribution < -0.4 is 9.47 Å². The summed E-state index contributed by atoms with van der Waals surface area (Å²) in [4.78, 5) is 18.2. The second-order valence-corrected chi connectivity index (χ2v) is 9.10. The van der Waals surface area contributed by atoms with Crippen LogP contribution in [0.1, 0.15) is 33.6 Å². The molecule has 1 fully saturated rings. The molecule has 6 heteroatoms. The third-order valence-electron chi connectivity index (χ3n) is 5.49. The Kier molecular flexibility index (Phi) is 6.21. The van der Waals surface area contributed by atoms with Gasteiger partial charge >= 0.3 is 6.09 Å². The quantitative estimate of drug-likeness (QED) is 0.528. The molecule has 0 N–H and O–H groups in total. The van der Waals surface area contributed by atoms with E-state index in [4.69, 9.17) is 14.2 Å². The maximum absolute atomic E-state index is 12.2. The zero-order valence-electron chi connectivity index (χ0n) is 19.1. The summed E-state index contributed by atoms with van der Waals surface area (Å²) in [6.45, 7) is 6.95. The van der Waals surface area contributed by atoms with Crippen LogP contribution >= 0.6 is 0 Å². The predicted octanol–water partition coefficient (Wildman–Crippen LogP) is 5.69. The summed E-state index contributed by atoms with van der Waals surface area (Å²) in [6.07, 6.45) is 3.26. The average molecular weight is 435 g/mol. The first-order valence-corrected chi connectivity index (χ1v) is 11.0. The number of hydrogen-bond acceptors (Lipinski definition) is 5. The Morgan fingerprint density at radius 3 is 2.31 bits per heavy atom. The number of pyridine rings is 1. The van der Waals surface area contributed by atoms with E-state index in [1.165, 1.54) is 0 Å². The Bertz CT molecular complexity index is 1080. The van der Waals surface area contributed by atoms with Gasteiger partial charge in [0, 0.05) is 43.6 Å². The summed E-state index contributed by atoms with van der Waals surface area (Å²) in [5.74, 6) is 1.45. The molecule has 0 saturated carbocycles. The molecule has 1 aliphatic rings. The van der Waals surface area contributed by atoms with E-state index in [2.05, 4.69) is 35.3 Å². The summed E-state index contributed by atoms with van der Waals surface area (Å²) < 4.78 is 16.9. The maximum atomic E-state index is 12.2. The molecule has 2 aromatic carbocycles. The van der Waals surface area contributed by atoms with Crippen LogP contribution in [0.15, 0.2) is 54.7 Å². The van der Waals surface area contributed by atoms with Crippen molar-refractivity contribution in [1.82, 2.24) is 9.88 Å². The van der Waals surface area contributed by atoms with Crippen molar-refractivity contribution in [3.8, 4) is 22.8 Å². The second-order valence-electron chi connectivity index (χ2n) is 9.10. The summed E-state index contributed by atoms with van der Waals surface area (Å²) in [7, 11) is 1.62. The summed E-state index contributed by atoms with van der Waals surface area (Å²) in [5, 5.41) is 2.17. The molecule has 0 aliphatic carbocycles. The molecule has 0 spiro atoms. The summed E-state index contributed by atoms with van der Waals surface area (Å²) >= 11 is 0.